The summed E-state index contributed by atoms with van der Waals surface area (Å²) in [4.78, 5) is 3.91. The number of fused-ring (bicyclic) bond motifs is 1. The summed E-state index contributed by atoms with van der Waals surface area (Å²) >= 11 is 0. The minimum Gasteiger partial charge on any atom is -0.424 e. The van der Waals surface area contributed by atoms with Gasteiger partial charge in [0.2, 0.25) is 0 Å². The Balaban J connectivity index is 2.86. The van der Waals surface area contributed by atoms with E-state index >= 15 is 0 Å². The predicted octanol–water partition coefficient (Wildman–Crippen LogP) is 0.926. The number of aromatic nitrogens is 3. The van der Waals surface area contributed by atoms with Crippen LogP contribution in [0.1, 0.15) is 5.69 Å². The van der Waals surface area contributed by atoms with Crippen molar-refractivity contribution in [3.05, 3.63) is 18.2 Å². The van der Waals surface area contributed by atoms with E-state index in [1.54, 1.807) is 0 Å². The molecule has 4 heteroatoms. The lowest BCUT2D eigenvalue weighted by Crippen LogP contribution is -1.84. The maximum atomic E-state index is 4.89. The summed E-state index contributed by atoms with van der Waals surface area (Å²) in [5.41, 5.74) is 2.10. The van der Waals surface area contributed by atoms with E-state index in [0.29, 0.717) is 5.71 Å². The van der Waals surface area contributed by atoms with Crippen LogP contribution in [0.5, 0.6) is 0 Å². The molecule has 10 heavy (non-hydrogen) atoms. The van der Waals surface area contributed by atoms with Gasteiger partial charge in [-0.25, -0.2) is 4.98 Å². The summed E-state index contributed by atoms with van der Waals surface area (Å²) in [5.74, 6) is 0. The molecule has 0 unspecified atom stereocenters. The van der Waals surface area contributed by atoms with Crippen LogP contribution in [-0.4, -0.2) is 15.2 Å². The first kappa shape index (κ1) is 5.34. The first-order chi connectivity index (χ1) is 4.86. The number of rotatable bonds is 0. The summed E-state index contributed by atoms with van der Waals surface area (Å²) < 4.78 is 4.89. The van der Waals surface area contributed by atoms with E-state index in [1.807, 2.05) is 13.0 Å². The van der Waals surface area contributed by atoms with Crippen LogP contribution in [0, 0.1) is 6.92 Å². The van der Waals surface area contributed by atoms with Crippen molar-refractivity contribution in [3.8, 4) is 0 Å². The molecule has 2 aromatic heterocycles. The Morgan fingerprint density at radius 2 is 2.30 bits per heavy atom. The van der Waals surface area contributed by atoms with Crippen molar-refractivity contribution in [2.24, 2.45) is 0 Å². The molecule has 0 bridgehead atoms. The molecule has 0 aliphatic rings. The fourth-order valence-electron chi connectivity index (χ4n) is 0.773. The van der Waals surface area contributed by atoms with Crippen molar-refractivity contribution in [1.82, 2.24) is 15.2 Å². The molecule has 4 nitrogen and oxygen atoms in total. The predicted molar refractivity (Wildman–Crippen MR) is 34.3 cm³/mol. The Hall–Kier alpha value is -1.45. The van der Waals surface area contributed by atoms with Gasteiger partial charge in [0.15, 0.2) is 6.39 Å². The molecule has 0 amide bonds. The SMILES string of the molecule is Cc1cc2ncoc2nn1. The van der Waals surface area contributed by atoms with Crippen molar-refractivity contribution < 1.29 is 4.42 Å². The van der Waals surface area contributed by atoms with Crippen LogP contribution in [0.25, 0.3) is 11.2 Å². The second-order valence-electron chi connectivity index (χ2n) is 2.03. The first-order valence-corrected chi connectivity index (χ1v) is 2.90. The van der Waals surface area contributed by atoms with E-state index in [-0.39, 0.29) is 0 Å². The third-order valence-corrected chi connectivity index (χ3v) is 1.22. The number of aryl methyl sites for hydroxylation is 1. The molecule has 50 valence electrons. The molecular formula is C6H5N3O. The van der Waals surface area contributed by atoms with Crippen LogP contribution in [0.15, 0.2) is 16.9 Å². The van der Waals surface area contributed by atoms with Crippen molar-refractivity contribution in [3.63, 3.8) is 0 Å². The van der Waals surface area contributed by atoms with Gasteiger partial charge in [-0.2, -0.15) is 5.10 Å². The second kappa shape index (κ2) is 1.76. The van der Waals surface area contributed by atoms with Crippen molar-refractivity contribution in [1.29, 1.82) is 0 Å². The van der Waals surface area contributed by atoms with Crippen LogP contribution in [0.3, 0.4) is 0 Å². The highest BCUT2D eigenvalue weighted by atomic mass is 16.3. The zero-order chi connectivity index (χ0) is 6.97. The number of oxazole rings is 1. The Morgan fingerprint density at radius 1 is 1.40 bits per heavy atom. The van der Waals surface area contributed by atoms with Crippen LogP contribution >= 0.6 is 0 Å². The largest absolute Gasteiger partial charge is 0.424 e. The summed E-state index contributed by atoms with van der Waals surface area (Å²) in [5, 5.41) is 7.56. The van der Waals surface area contributed by atoms with Gasteiger partial charge in [-0.15, -0.1) is 5.10 Å². The molecular weight excluding hydrogens is 130 g/mol. The van der Waals surface area contributed by atoms with E-state index < -0.39 is 0 Å². The fourth-order valence-corrected chi connectivity index (χ4v) is 0.773. The molecule has 0 aliphatic heterocycles. The normalized spacial score (nSPS) is 10.5. The fraction of sp³-hybridized carbons (Fsp3) is 0.167. The summed E-state index contributed by atoms with van der Waals surface area (Å²) in [6.45, 7) is 1.86. The van der Waals surface area contributed by atoms with E-state index in [4.69, 9.17) is 4.42 Å². The molecule has 0 fully saturated rings. The lowest BCUT2D eigenvalue weighted by molar-refractivity contribution is 0.584. The lowest BCUT2D eigenvalue weighted by atomic mass is 10.4. The third kappa shape index (κ3) is 0.655. The van der Waals surface area contributed by atoms with Crippen LogP contribution < -0.4 is 0 Å². The first-order valence-electron chi connectivity index (χ1n) is 2.90. The molecule has 2 rings (SSSR count). The van der Waals surface area contributed by atoms with Crippen LogP contribution in [0.2, 0.25) is 0 Å². The minimum absolute atomic E-state index is 0.491. The van der Waals surface area contributed by atoms with E-state index in [0.717, 1.165) is 11.2 Å². The molecule has 0 spiro atoms. The topological polar surface area (TPSA) is 51.8 Å². The molecule has 0 aliphatic carbocycles. The summed E-state index contributed by atoms with van der Waals surface area (Å²) in [7, 11) is 0. The van der Waals surface area contributed by atoms with E-state index in [2.05, 4.69) is 15.2 Å². The van der Waals surface area contributed by atoms with Crippen LogP contribution in [0.4, 0.5) is 0 Å². The summed E-state index contributed by atoms with van der Waals surface area (Å²) in [6.07, 6.45) is 1.36. The highest BCUT2D eigenvalue weighted by Crippen LogP contribution is 2.06. The zero-order valence-corrected chi connectivity index (χ0v) is 5.40. The highest BCUT2D eigenvalue weighted by molar-refractivity contribution is 5.66. The van der Waals surface area contributed by atoms with Crippen molar-refractivity contribution in [2.75, 3.05) is 0 Å². The lowest BCUT2D eigenvalue weighted by Gasteiger charge is -1.85. The molecule has 2 aromatic rings. The molecule has 0 radical (unpaired) electrons. The van der Waals surface area contributed by atoms with Gasteiger partial charge in [0, 0.05) is 0 Å². The van der Waals surface area contributed by atoms with Gasteiger partial charge in [0.05, 0.1) is 5.69 Å². The van der Waals surface area contributed by atoms with Gasteiger partial charge in [-0.1, -0.05) is 0 Å². The van der Waals surface area contributed by atoms with Gasteiger partial charge in [-0.05, 0) is 13.0 Å². The maximum absolute atomic E-state index is 4.89. The third-order valence-electron chi connectivity index (χ3n) is 1.22. The Bertz CT molecular complexity index is 355. The summed E-state index contributed by atoms with van der Waals surface area (Å²) in [6, 6.07) is 1.83. The molecule has 0 aromatic carbocycles. The van der Waals surface area contributed by atoms with Gasteiger partial charge in [0.1, 0.15) is 5.52 Å². The van der Waals surface area contributed by atoms with Crippen molar-refractivity contribution in [2.45, 2.75) is 6.92 Å². The van der Waals surface area contributed by atoms with Crippen molar-refractivity contribution >= 4 is 11.2 Å². The van der Waals surface area contributed by atoms with E-state index in [1.165, 1.54) is 6.39 Å². The smallest absolute Gasteiger partial charge is 0.266 e. The van der Waals surface area contributed by atoms with Gasteiger partial charge in [-0.3, -0.25) is 0 Å². The van der Waals surface area contributed by atoms with Gasteiger partial charge in [0.25, 0.3) is 5.71 Å². The maximum Gasteiger partial charge on any atom is 0.266 e. The number of hydrogen-bond donors (Lipinski definition) is 0. The monoisotopic (exact) mass is 135 g/mol. The van der Waals surface area contributed by atoms with E-state index in [9.17, 15) is 0 Å². The Kier molecular flexibility index (Phi) is 0.943. The molecule has 0 saturated heterocycles. The van der Waals surface area contributed by atoms with Gasteiger partial charge < -0.3 is 4.42 Å². The Morgan fingerprint density at radius 3 is 3.20 bits per heavy atom. The standard InChI is InChI=1S/C6H5N3O/c1-4-2-5-6(9-8-4)10-3-7-5/h2-3H,1H3. The average molecular weight is 135 g/mol. The van der Waals surface area contributed by atoms with Crippen LogP contribution in [-0.2, 0) is 0 Å². The second-order valence-corrected chi connectivity index (χ2v) is 2.03. The Labute approximate surface area is 56.9 Å². The molecule has 0 N–H and O–H groups in total. The number of nitrogens with zero attached hydrogens (tertiary/aromatic N) is 3. The quantitative estimate of drug-likeness (QED) is 0.539. The highest BCUT2D eigenvalue weighted by Gasteiger charge is 1.98. The minimum atomic E-state index is 0.491. The molecule has 0 atom stereocenters. The average Bonchev–Trinajstić information content (AvgIpc) is 2.33. The zero-order valence-electron chi connectivity index (χ0n) is 5.40. The molecule has 2 heterocycles. The van der Waals surface area contributed by atoms with Gasteiger partial charge >= 0.3 is 0 Å². The molecule has 0 saturated carbocycles. The number of hydrogen-bond acceptors (Lipinski definition) is 4.